The number of nitrogens with one attached hydrogen (secondary N) is 1. The Bertz CT molecular complexity index is 1250. The van der Waals surface area contributed by atoms with Crippen molar-refractivity contribution in [3.8, 4) is 10.4 Å². The van der Waals surface area contributed by atoms with E-state index in [0.717, 1.165) is 24.2 Å². The molecule has 0 amide bonds. The fourth-order valence-electron chi connectivity index (χ4n) is 5.18. The molecule has 0 fully saturated rings. The molecule has 5 rings (SSSR count). The second-order valence-corrected chi connectivity index (χ2v) is 10.1. The molecule has 29 heavy (non-hydrogen) atoms. The molecule has 148 valence electrons. The number of para-hydroxylation sites is 1. The van der Waals surface area contributed by atoms with Crippen molar-refractivity contribution >= 4 is 38.8 Å². The van der Waals surface area contributed by atoms with E-state index >= 15 is 0 Å². The molecule has 0 spiro atoms. The maximum absolute atomic E-state index is 5.11. The van der Waals surface area contributed by atoms with Crippen molar-refractivity contribution in [2.75, 3.05) is 5.32 Å². The van der Waals surface area contributed by atoms with E-state index in [1.165, 1.54) is 37.0 Å². The summed E-state index contributed by atoms with van der Waals surface area (Å²) >= 11 is 1.87. The normalized spacial score (nSPS) is 23.5. The topological polar surface area (TPSA) is 24.9 Å². The highest BCUT2D eigenvalue weighted by molar-refractivity contribution is 7.15. The lowest BCUT2D eigenvalue weighted by molar-refractivity contribution is 0.262. The van der Waals surface area contributed by atoms with Gasteiger partial charge in [0.25, 0.3) is 0 Å². The summed E-state index contributed by atoms with van der Waals surface area (Å²) in [5.74, 6) is 1.04. The Morgan fingerprint density at radius 1 is 0.931 bits per heavy atom. The van der Waals surface area contributed by atoms with Crippen LogP contribution < -0.4 is 5.32 Å². The highest BCUT2D eigenvalue weighted by Crippen LogP contribution is 2.53. The quantitative estimate of drug-likeness (QED) is 0.357. The van der Waals surface area contributed by atoms with Gasteiger partial charge in [0.2, 0.25) is 0 Å². The number of aryl methyl sites for hydroxylation is 1. The Labute approximate surface area is 177 Å². The van der Waals surface area contributed by atoms with Crippen LogP contribution in [0.25, 0.3) is 32.1 Å². The highest BCUT2D eigenvalue weighted by Gasteiger charge is 2.48. The minimum Gasteiger partial charge on any atom is -0.363 e. The largest absolute Gasteiger partial charge is 0.363 e. The molecular weight excluding hydrogens is 372 g/mol. The van der Waals surface area contributed by atoms with E-state index in [1.807, 2.05) is 11.3 Å². The number of hydrogen-bond acceptors (Lipinski definition) is 3. The molecule has 2 nitrogen and oxygen atoms in total. The van der Waals surface area contributed by atoms with E-state index < -0.39 is 0 Å². The fourth-order valence-corrected chi connectivity index (χ4v) is 6.08. The molecular formula is C26H28N2S. The summed E-state index contributed by atoms with van der Waals surface area (Å²) in [7, 11) is 0. The molecule has 3 heterocycles. The molecule has 2 aromatic carbocycles. The van der Waals surface area contributed by atoms with Gasteiger partial charge in [0, 0.05) is 42.4 Å². The highest BCUT2D eigenvalue weighted by atomic mass is 32.1. The van der Waals surface area contributed by atoms with E-state index in [1.54, 1.807) is 0 Å². The van der Waals surface area contributed by atoms with E-state index in [2.05, 4.69) is 88.5 Å². The number of benzene rings is 2. The zero-order chi connectivity index (χ0) is 20.4. The summed E-state index contributed by atoms with van der Waals surface area (Å²) in [5, 5.41) is 7.79. The Balaban J connectivity index is 1.98. The molecule has 2 aromatic heterocycles. The summed E-state index contributed by atoms with van der Waals surface area (Å²) in [6, 6.07) is 17.8. The lowest BCUT2D eigenvalue weighted by atomic mass is 9.61. The van der Waals surface area contributed by atoms with Gasteiger partial charge in [-0.2, -0.15) is 0 Å². The van der Waals surface area contributed by atoms with Crippen LogP contribution in [0, 0.1) is 6.92 Å². The summed E-state index contributed by atoms with van der Waals surface area (Å²) in [6.45, 7) is 11.6. The first-order chi connectivity index (χ1) is 13.9. The Morgan fingerprint density at radius 2 is 1.72 bits per heavy atom. The minimum absolute atomic E-state index is 0.0296. The van der Waals surface area contributed by atoms with Crippen LogP contribution in [0.2, 0.25) is 0 Å². The number of nitrogens with zero attached hydrogens (tertiary/aromatic N) is 1. The zero-order valence-electron chi connectivity index (χ0n) is 17.9. The van der Waals surface area contributed by atoms with Crippen LogP contribution in [0.3, 0.4) is 0 Å². The predicted molar refractivity (Wildman–Crippen MR) is 127 cm³/mol. The predicted octanol–water partition coefficient (Wildman–Crippen LogP) is 7.69. The van der Waals surface area contributed by atoms with E-state index in [0.29, 0.717) is 0 Å². The number of rotatable bonds is 3. The van der Waals surface area contributed by atoms with E-state index in [9.17, 15) is 0 Å². The molecule has 1 N–H and O–H groups in total. The van der Waals surface area contributed by atoms with Gasteiger partial charge >= 0.3 is 0 Å². The fraction of sp³-hybridized carbons (Fsp3) is 0.346. The standard InChI is InChI=1S/C26H28N2S/c1-6-25(4)19-14-13-18(21-15-12-16(3)29-21)22-17-10-8-9-11-20(17)27-24(23(19)22)28-26(25,5)7-2/h8-15H,6-7H2,1-5H3,(H,27,28)/t25?,26-/m1/s1. The van der Waals surface area contributed by atoms with Crippen molar-refractivity contribution in [1.82, 2.24) is 4.98 Å². The molecule has 0 radical (unpaired) electrons. The van der Waals surface area contributed by atoms with Gasteiger partial charge in [-0.25, -0.2) is 4.98 Å². The summed E-state index contributed by atoms with van der Waals surface area (Å²) in [5.41, 5.74) is 3.83. The van der Waals surface area contributed by atoms with Gasteiger partial charge in [-0.3, -0.25) is 0 Å². The van der Waals surface area contributed by atoms with Gasteiger partial charge in [0.15, 0.2) is 0 Å². The average Bonchev–Trinajstić information content (AvgIpc) is 3.17. The molecule has 0 saturated carbocycles. The second kappa shape index (κ2) is 6.30. The van der Waals surface area contributed by atoms with Gasteiger partial charge < -0.3 is 5.32 Å². The molecule has 2 atom stereocenters. The van der Waals surface area contributed by atoms with E-state index in [4.69, 9.17) is 4.98 Å². The van der Waals surface area contributed by atoms with Crippen LogP contribution in [0.5, 0.6) is 0 Å². The van der Waals surface area contributed by atoms with Crippen LogP contribution in [-0.4, -0.2) is 10.5 Å². The van der Waals surface area contributed by atoms with Gasteiger partial charge in [-0.05, 0) is 50.5 Å². The Kier molecular flexibility index (Phi) is 4.05. The number of aromatic nitrogens is 1. The van der Waals surface area contributed by atoms with Crippen molar-refractivity contribution in [2.45, 2.75) is 58.4 Å². The lowest BCUT2D eigenvalue weighted by Gasteiger charge is -2.51. The van der Waals surface area contributed by atoms with Crippen LogP contribution in [0.15, 0.2) is 48.5 Å². The monoisotopic (exact) mass is 400 g/mol. The van der Waals surface area contributed by atoms with Crippen LogP contribution >= 0.6 is 11.3 Å². The zero-order valence-corrected chi connectivity index (χ0v) is 18.7. The van der Waals surface area contributed by atoms with Crippen molar-refractivity contribution in [3.63, 3.8) is 0 Å². The minimum atomic E-state index is -0.0296. The third-order valence-corrected chi connectivity index (χ3v) is 8.51. The van der Waals surface area contributed by atoms with Crippen LogP contribution in [0.4, 0.5) is 5.82 Å². The van der Waals surface area contributed by atoms with Crippen LogP contribution in [0.1, 0.15) is 51.0 Å². The van der Waals surface area contributed by atoms with E-state index in [-0.39, 0.29) is 11.0 Å². The van der Waals surface area contributed by atoms with Crippen molar-refractivity contribution in [3.05, 3.63) is 59.0 Å². The van der Waals surface area contributed by atoms with Crippen molar-refractivity contribution < 1.29 is 0 Å². The second-order valence-electron chi connectivity index (χ2n) is 8.79. The molecule has 1 aliphatic rings. The number of anilines is 1. The lowest BCUT2D eigenvalue weighted by Crippen LogP contribution is -2.54. The van der Waals surface area contributed by atoms with Gasteiger partial charge in [0.05, 0.1) is 5.52 Å². The molecule has 0 aliphatic carbocycles. The first kappa shape index (κ1) is 18.6. The number of fused-ring (bicyclic) bond motifs is 2. The Morgan fingerprint density at radius 3 is 2.41 bits per heavy atom. The number of hydrogen-bond donors (Lipinski definition) is 1. The van der Waals surface area contributed by atoms with Gasteiger partial charge in [-0.15, -0.1) is 11.3 Å². The first-order valence-corrected chi connectivity index (χ1v) is 11.4. The third kappa shape index (κ3) is 2.43. The number of pyridine rings is 1. The summed E-state index contributed by atoms with van der Waals surface area (Å²) in [6.07, 6.45) is 2.14. The maximum Gasteiger partial charge on any atom is 0.135 e. The first-order valence-electron chi connectivity index (χ1n) is 10.6. The average molecular weight is 401 g/mol. The molecule has 4 aromatic rings. The van der Waals surface area contributed by atoms with Crippen molar-refractivity contribution in [1.29, 1.82) is 0 Å². The summed E-state index contributed by atoms with van der Waals surface area (Å²) < 4.78 is 0. The van der Waals surface area contributed by atoms with Gasteiger partial charge in [-0.1, -0.05) is 51.1 Å². The molecule has 1 aliphatic heterocycles. The molecule has 1 unspecified atom stereocenters. The Hall–Kier alpha value is -2.39. The molecule has 0 saturated heterocycles. The number of thiophene rings is 1. The third-order valence-electron chi connectivity index (χ3n) is 7.47. The summed E-state index contributed by atoms with van der Waals surface area (Å²) in [4.78, 5) is 7.79. The smallest absolute Gasteiger partial charge is 0.135 e. The van der Waals surface area contributed by atoms with Crippen molar-refractivity contribution in [2.24, 2.45) is 0 Å². The SMILES string of the molecule is CCC1(C)c2ccc(-c3ccc(C)s3)c3c2c(nc2ccccc23)N[C@]1(C)CC. The molecule has 0 bridgehead atoms. The van der Waals surface area contributed by atoms with Gasteiger partial charge in [0.1, 0.15) is 5.82 Å². The van der Waals surface area contributed by atoms with Crippen LogP contribution in [-0.2, 0) is 5.41 Å². The molecule has 3 heteroatoms. The maximum atomic E-state index is 5.11.